The first-order chi connectivity index (χ1) is 16.3. The van der Waals surface area contributed by atoms with Crippen molar-refractivity contribution >= 4 is 43.7 Å². The Kier molecular flexibility index (Phi) is 3.80. The molecule has 0 amide bonds. The summed E-state index contributed by atoms with van der Waals surface area (Å²) in [5.74, 6) is 0. The van der Waals surface area contributed by atoms with Crippen molar-refractivity contribution in [3.8, 4) is 16.8 Å². The number of fused-ring (bicyclic) bond motifs is 6. The first-order valence-electron chi connectivity index (χ1n) is 11.3. The Morgan fingerprint density at radius 1 is 0.545 bits per heavy atom. The zero-order chi connectivity index (χ0) is 21.9. The van der Waals surface area contributed by atoms with Crippen LogP contribution in [0.15, 0.2) is 114 Å². The lowest BCUT2D eigenvalue weighted by atomic mass is 10.0. The van der Waals surface area contributed by atoms with Crippen LogP contribution in [0.2, 0.25) is 0 Å². The summed E-state index contributed by atoms with van der Waals surface area (Å²) in [5.41, 5.74) is 9.11. The average Bonchev–Trinajstić information content (AvgIpc) is 3.40. The molecule has 2 heteroatoms. The van der Waals surface area contributed by atoms with Crippen LogP contribution in [0.1, 0.15) is 5.56 Å². The molecule has 0 spiro atoms. The molecular weight excluding hydrogens is 402 g/mol. The van der Waals surface area contributed by atoms with E-state index in [-0.39, 0.29) is 0 Å². The number of rotatable bonds is 2. The third kappa shape index (κ3) is 2.68. The van der Waals surface area contributed by atoms with Gasteiger partial charge in [-0.15, -0.1) is 0 Å². The second kappa shape index (κ2) is 6.85. The predicted octanol–water partition coefficient (Wildman–Crippen LogP) is 8.66. The minimum atomic E-state index is 0.935. The van der Waals surface area contributed by atoms with E-state index in [0.717, 1.165) is 16.6 Å². The Bertz CT molecular complexity index is 1820. The van der Waals surface area contributed by atoms with Gasteiger partial charge in [0.2, 0.25) is 0 Å². The highest BCUT2D eigenvalue weighted by atomic mass is 16.3. The van der Waals surface area contributed by atoms with Crippen molar-refractivity contribution in [2.75, 3.05) is 0 Å². The third-order valence-corrected chi connectivity index (χ3v) is 6.71. The van der Waals surface area contributed by atoms with Gasteiger partial charge in [0.15, 0.2) is 0 Å². The molecule has 0 bridgehead atoms. The van der Waals surface area contributed by atoms with Crippen LogP contribution in [0.3, 0.4) is 0 Å². The van der Waals surface area contributed by atoms with Crippen molar-refractivity contribution in [2.45, 2.75) is 6.92 Å². The van der Waals surface area contributed by atoms with Crippen molar-refractivity contribution in [3.63, 3.8) is 0 Å². The Hall–Kier alpha value is -4.30. The number of aromatic nitrogens is 1. The van der Waals surface area contributed by atoms with Crippen LogP contribution < -0.4 is 0 Å². The fourth-order valence-electron chi connectivity index (χ4n) is 5.13. The van der Waals surface area contributed by atoms with Crippen LogP contribution in [-0.2, 0) is 0 Å². The highest BCUT2D eigenvalue weighted by Gasteiger charge is 2.14. The molecule has 2 heterocycles. The molecule has 7 aromatic rings. The summed E-state index contributed by atoms with van der Waals surface area (Å²) in [7, 11) is 0. The highest BCUT2D eigenvalue weighted by molar-refractivity contribution is 6.11. The smallest absolute Gasteiger partial charge is 0.138 e. The van der Waals surface area contributed by atoms with Gasteiger partial charge in [0.1, 0.15) is 11.2 Å². The van der Waals surface area contributed by atoms with Gasteiger partial charge in [-0.1, -0.05) is 66.7 Å². The van der Waals surface area contributed by atoms with E-state index in [9.17, 15) is 0 Å². The van der Waals surface area contributed by atoms with Gasteiger partial charge in [0, 0.05) is 27.2 Å². The first-order valence-corrected chi connectivity index (χ1v) is 11.3. The largest absolute Gasteiger partial charge is 0.456 e. The van der Waals surface area contributed by atoms with Gasteiger partial charge in [-0.05, 0) is 66.1 Å². The van der Waals surface area contributed by atoms with E-state index in [4.69, 9.17) is 4.42 Å². The van der Waals surface area contributed by atoms with Gasteiger partial charge >= 0.3 is 0 Å². The molecule has 0 radical (unpaired) electrons. The van der Waals surface area contributed by atoms with Gasteiger partial charge in [-0.3, -0.25) is 0 Å². The summed E-state index contributed by atoms with van der Waals surface area (Å²) in [6.07, 6.45) is 0. The molecule has 0 N–H and O–H groups in total. The van der Waals surface area contributed by atoms with Gasteiger partial charge in [0.05, 0.1) is 11.0 Å². The van der Waals surface area contributed by atoms with Gasteiger partial charge in [-0.25, -0.2) is 0 Å². The Balaban J connectivity index is 1.48. The summed E-state index contributed by atoms with van der Waals surface area (Å²) in [6.45, 7) is 2.10. The Morgan fingerprint density at radius 2 is 1.24 bits per heavy atom. The van der Waals surface area contributed by atoms with E-state index in [2.05, 4.69) is 121 Å². The van der Waals surface area contributed by atoms with Crippen LogP contribution in [0.4, 0.5) is 0 Å². The zero-order valence-corrected chi connectivity index (χ0v) is 18.2. The first kappa shape index (κ1) is 18.3. The van der Waals surface area contributed by atoms with Crippen LogP contribution in [0.25, 0.3) is 60.6 Å². The maximum absolute atomic E-state index is 6.15. The van der Waals surface area contributed by atoms with E-state index in [0.29, 0.717) is 0 Å². The van der Waals surface area contributed by atoms with E-state index in [1.165, 1.54) is 49.6 Å². The quantitative estimate of drug-likeness (QED) is 0.272. The van der Waals surface area contributed by atoms with Crippen LogP contribution >= 0.6 is 0 Å². The van der Waals surface area contributed by atoms with Gasteiger partial charge in [-0.2, -0.15) is 0 Å². The molecule has 7 rings (SSSR count). The third-order valence-electron chi connectivity index (χ3n) is 6.71. The van der Waals surface area contributed by atoms with Crippen LogP contribution in [0.5, 0.6) is 0 Å². The molecule has 0 fully saturated rings. The topological polar surface area (TPSA) is 18.1 Å². The number of hydrogen-bond donors (Lipinski definition) is 0. The van der Waals surface area contributed by atoms with E-state index < -0.39 is 0 Å². The van der Waals surface area contributed by atoms with Crippen molar-refractivity contribution in [1.82, 2.24) is 4.57 Å². The molecule has 0 saturated heterocycles. The molecule has 2 aromatic heterocycles. The standard InChI is InChI=1S/C31H21NO/c1-20-8-7-12-25-27-19-22(15-17-30(27)33-31(20)25)21-14-16-29-26(18-21)24-11-5-6-13-28(24)32(29)23-9-3-2-4-10-23/h2-19H,1H3. The molecule has 5 aromatic carbocycles. The molecule has 0 saturated carbocycles. The normalized spacial score (nSPS) is 11.8. The van der Waals surface area contributed by atoms with Crippen molar-refractivity contribution < 1.29 is 4.42 Å². The zero-order valence-electron chi connectivity index (χ0n) is 18.2. The number of para-hydroxylation sites is 3. The summed E-state index contributed by atoms with van der Waals surface area (Å²) < 4.78 is 8.50. The lowest BCUT2D eigenvalue weighted by Crippen LogP contribution is -1.92. The maximum Gasteiger partial charge on any atom is 0.138 e. The lowest BCUT2D eigenvalue weighted by Gasteiger charge is -2.08. The summed E-state index contributed by atoms with van der Waals surface area (Å²) in [5, 5.41) is 4.87. The Morgan fingerprint density at radius 3 is 2.12 bits per heavy atom. The van der Waals surface area contributed by atoms with Crippen molar-refractivity contribution in [2.24, 2.45) is 0 Å². The second-order valence-electron chi connectivity index (χ2n) is 8.68. The fraction of sp³-hybridized carbons (Fsp3) is 0.0323. The number of aryl methyl sites for hydroxylation is 1. The van der Waals surface area contributed by atoms with E-state index >= 15 is 0 Å². The summed E-state index contributed by atoms with van der Waals surface area (Å²) in [6, 6.07) is 38.9. The molecule has 33 heavy (non-hydrogen) atoms. The number of furan rings is 1. The molecule has 0 atom stereocenters. The van der Waals surface area contributed by atoms with Crippen LogP contribution in [0, 0.1) is 6.92 Å². The molecule has 0 unspecified atom stereocenters. The fourth-order valence-corrected chi connectivity index (χ4v) is 5.13. The monoisotopic (exact) mass is 423 g/mol. The minimum Gasteiger partial charge on any atom is -0.456 e. The minimum absolute atomic E-state index is 0.935. The molecule has 0 aliphatic rings. The van der Waals surface area contributed by atoms with Crippen molar-refractivity contribution in [1.29, 1.82) is 0 Å². The van der Waals surface area contributed by atoms with Crippen LogP contribution in [-0.4, -0.2) is 4.57 Å². The number of hydrogen-bond acceptors (Lipinski definition) is 1. The lowest BCUT2D eigenvalue weighted by molar-refractivity contribution is 0.666. The molecule has 2 nitrogen and oxygen atoms in total. The molecule has 156 valence electrons. The molecular formula is C31H21NO. The SMILES string of the molecule is Cc1cccc2c1oc1ccc(-c3ccc4c(c3)c3ccccc3n4-c3ccccc3)cc12. The number of nitrogens with zero attached hydrogens (tertiary/aromatic N) is 1. The summed E-state index contributed by atoms with van der Waals surface area (Å²) in [4.78, 5) is 0. The highest BCUT2D eigenvalue weighted by Crippen LogP contribution is 2.37. The maximum atomic E-state index is 6.15. The van der Waals surface area contributed by atoms with Gasteiger partial charge < -0.3 is 8.98 Å². The average molecular weight is 424 g/mol. The Labute approximate surface area is 191 Å². The van der Waals surface area contributed by atoms with Crippen molar-refractivity contribution in [3.05, 3.63) is 115 Å². The van der Waals surface area contributed by atoms with Gasteiger partial charge in [0.25, 0.3) is 0 Å². The molecule has 0 aliphatic heterocycles. The predicted molar refractivity (Wildman–Crippen MR) is 138 cm³/mol. The summed E-state index contributed by atoms with van der Waals surface area (Å²) >= 11 is 0. The van der Waals surface area contributed by atoms with E-state index in [1.807, 2.05) is 0 Å². The number of benzene rings is 5. The second-order valence-corrected chi connectivity index (χ2v) is 8.68. The molecule has 0 aliphatic carbocycles. The van der Waals surface area contributed by atoms with E-state index in [1.54, 1.807) is 0 Å².